The average molecular weight is 271 g/mol. The standard InChI is InChI=1S/C9H9N3O3S2/c13-7(14)5-16-9-12-11-8(17-9)10-3-6-1-2-15-4-6/h1-2,4H,3,5H2,(H,10,11)(H,13,14). The molecule has 0 aliphatic rings. The van der Waals surface area contributed by atoms with Gasteiger partial charge in [-0.2, -0.15) is 0 Å². The predicted octanol–water partition coefficient (Wildman–Crippen LogP) is 1.92. The molecule has 0 amide bonds. The van der Waals surface area contributed by atoms with Gasteiger partial charge in [0.05, 0.1) is 18.3 Å². The Balaban J connectivity index is 1.83. The zero-order chi connectivity index (χ0) is 12.1. The first-order valence-corrected chi connectivity index (χ1v) is 6.47. The Hall–Kier alpha value is -1.54. The first kappa shape index (κ1) is 11.9. The second-order valence-electron chi connectivity index (χ2n) is 3.04. The number of aromatic nitrogens is 2. The van der Waals surface area contributed by atoms with Crippen molar-refractivity contribution >= 4 is 34.2 Å². The molecule has 2 N–H and O–H groups in total. The summed E-state index contributed by atoms with van der Waals surface area (Å²) in [7, 11) is 0. The third-order valence-electron chi connectivity index (χ3n) is 1.75. The molecule has 0 atom stereocenters. The Bertz CT molecular complexity index is 483. The Morgan fingerprint density at radius 3 is 3.18 bits per heavy atom. The number of nitrogens with zero attached hydrogens (tertiary/aromatic N) is 2. The minimum absolute atomic E-state index is 0.00361. The fourth-order valence-corrected chi connectivity index (χ4v) is 2.50. The van der Waals surface area contributed by atoms with E-state index in [0.717, 1.165) is 17.3 Å². The molecule has 90 valence electrons. The lowest BCUT2D eigenvalue weighted by atomic mass is 10.3. The molecule has 0 fully saturated rings. The number of hydrogen-bond donors (Lipinski definition) is 2. The largest absolute Gasteiger partial charge is 0.481 e. The summed E-state index contributed by atoms with van der Waals surface area (Å²) in [6, 6.07) is 1.86. The van der Waals surface area contributed by atoms with Crippen molar-refractivity contribution in [1.82, 2.24) is 10.2 Å². The van der Waals surface area contributed by atoms with Crippen LogP contribution in [0.5, 0.6) is 0 Å². The molecule has 0 aromatic carbocycles. The van der Waals surface area contributed by atoms with Crippen LogP contribution in [-0.2, 0) is 11.3 Å². The SMILES string of the molecule is O=C(O)CSc1nnc(NCc2ccoc2)s1. The van der Waals surface area contributed by atoms with E-state index in [9.17, 15) is 4.79 Å². The van der Waals surface area contributed by atoms with Gasteiger partial charge in [-0.25, -0.2) is 0 Å². The molecule has 8 heteroatoms. The maximum Gasteiger partial charge on any atom is 0.313 e. The molecule has 6 nitrogen and oxygen atoms in total. The number of nitrogens with one attached hydrogen (secondary N) is 1. The van der Waals surface area contributed by atoms with Crippen LogP contribution in [0, 0.1) is 0 Å². The molecule has 0 bridgehead atoms. The van der Waals surface area contributed by atoms with Gasteiger partial charge in [0, 0.05) is 12.1 Å². The molecule has 0 saturated heterocycles. The second kappa shape index (κ2) is 5.69. The lowest BCUT2D eigenvalue weighted by molar-refractivity contribution is -0.133. The fourth-order valence-electron chi connectivity index (χ4n) is 1.03. The van der Waals surface area contributed by atoms with Crippen molar-refractivity contribution in [2.75, 3.05) is 11.1 Å². The highest BCUT2D eigenvalue weighted by molar-refractivity contribution is 8.01. The second-order valence-corrected chi connectivity index (χ2v) is 5.24. The van der Waals surface area contributed by atoms with E-state index in [4.69, 9.17) is 9.52 Å². The van der Waals surface area contributed by atoms with Gasteiger partial charge in [-0.1, -0.05) is 23.1 Å². The summed E-state index contributed by atoms with van der Waals surface area (Å²) >= 11 is 2.49. The normalized spacial score (nSPS) is 10.4. The van der Waals surface area contributed by atoms with Gasteiger partial charge in [0.15, 0.2) is 4.34 Å². The maximum absolute atomic E-state index is 10.4. The minimum Gasteiger partial charge on any atom is -0.481 e. The topological polar surface area (TPSA) is 88.2 Å². The highest BCUT2D eigenvalue weighted by atomic mass is 32.2. The molecule has 0 spiro atoms. The van der Waals surface area contributed by atoms with Crippen LogP contribution in [0.2, 0.25) is 0 Å². The van der Waals surface area contributed by atoms with Crippen LogP contribution in [-0.4, -0.2) is 27.0 Å². The number of thioether (sulfide) groups is 1. The van der Waals surface area contributed by atoms with Crippen LogP contribution in [0.4, 0.5) is 5.13 Å². The van der Waals surface area contributed by atoms with Crippen molar-refractivity contribution in [2.24, 2.45) is 0 Å². The van der Waals surface area contributed by atoms with Crippen molar-refractivity contribution in [3.05, 3.63) is 24.2 Å². The molecule has 0 radical (unpaired) electrons. The Labute approximate surface area is 105 Å². The number of furan rings is 1. The van der Waals surface area contributed by atoms with Crippen LogP contribution in [0.25, 0.3) is 0 Å². The molecule has 2 aromatic rings. The van der Waals surface area contributed by atoms with Gasteiger partial charge in [0.25, 0.3) is 0 Å². The summed E-state index contributed by atoms with van der Waals surface area (Å²) in [4.78, 5) is 10.4. The average Bonchev–Trinajstić information content (AvgIpc) is 2.95. The van der Waals surface area contributed by atoms with E-state index in [0.29, 0.717) is 16.0 Å². The first-order chi connectivity index (χ1) is 8.24. The van der Waals surface area contributed by atoms with E-state index in [1.165, 1.54) is 11.3 Å². The maximum atomic E-state index is 10.4. The molecule has 0 aliphatic carbocycles. The first-order valence-electron chi connectivity index (χ1n) is 4.67. The fraction of sp³-hybridized carbons (Fsp3) is 0.222. The number of hydrogen-bond acceptors (Lipinski definition) is 7. The van der Waals surface area contributed by atoms with E-state index in [1.54, 1.807) is 12.5 Å². The number of rotatable bonds is 6. The summed E-state index contributed by atoms with van der Waals surface area (Å²) < 4.78 is 5.57. The van der Waals surface area contributed by atoms with E-state index in [1.807, 2.05) is 6.07 Å². The van der Waals surface area contributed by atoms with Crippen molar-refractivity contribution in [1.29, 1.82) is 0 Å². The van der Waals surface area contributed by atoms with Crippen molar-refractivity contribution in [3.8, 4) is 0 Å². The number of aliphatic carboxylic acids is 1. The van der Waals surface area contributed by atoms with Gasteiger partial charge in [0.1, 0.15) is 0 Å². The molecule has 2 heterocycles. The Morgan fingerprint density at radius 1 is 1.59 bits per heavy atom. The Morgan fingerprint density at radius 2 is 2.47 bits per heavy atom. The van der Waals surface area contributed by atoms with E-state index < -0.39 is 5.97 Å². The lowest BCUT2D eigenvalue weighted by Gasteiger charge is -1.96. The summed E-state index contributed by atoms with van der Waals surface area (Å²) in [5.74, 6) is -0.866. The van der Waals surface area contributed by atoms with Gasteiger partial charge in [-0.05, 0) is 6.07 Å². The number of carboxylic acid groups (broad SMARTS) is 1. The van der Waals surface area contributed by atoms with Crippen molar-refractivity contribution in [3.63, 3.8) is 0 Å². The zero-order valence-electron chi connectivity index (χ0n) is 8.62. The smallest absolute Gasteiger partial charge is 0.313 e. The molecule has 2 aromatic heterocycles. The number of carbonyl (C=O) groups is 1. The van der Waals surface area contributed by atoms with E-state index >= 15 is 0 Å². The highest BCUT2D eigenvalue weighted by Crippen LogP contribution is 2.25. The molecule has 0 unspecified atom stereocenters. The molecule has 0 saturated carbocycles. The van der Waals surface area contributed by atoms with Gasteiger partial charge in [-0.3, -0.25) is 4.79 Å². The third-order valence-corrected chi connectivity index (χ3v) is 3.75. The monoisotopic (exact) mass is 271 g/mol. The third kappa shape index (κ3) is 3.75. The Kier molecular flexibility index (Phi) is 3.99. The van der Waals surface area contributed by atoms with E-state index in [-0.39, 0.29) is 5.75 Å². The predicted molar refractivity (Wildman–Crippen MR) is 64.3 cm³/mol. The summed E-state index contributed by atoms with van der Waals surface area (Å²) in [5.41, 5.74) is 1.01. The molecular weight excluding hydrogens is 262 g/mol. The van der Waals surface area contributed by atoms with Gasteiger partial charge in [0.2, 0.25) is 5.13 Å². The van der Waals surface area contributed by atoms with Crippen LogP contribution in [0.15, 0.2) is 27.3 Å². The van der Waals surface area contributed by atoms with Crippen LogP contribution in [0.3, 0.4) is 0 Å². The van der Waals surface area contributed by atoms with Gasteiger partial charge >= 0.3 is 5.97 Å². The quantitative estimate of drug-likeness (QED) is 0.776. The van der Waals surface area contributed by atoms with Crippen molar-refractivity contribution < 1.29 is 14.3 Å². The number of anilines is 1. The highest BCUT2D eigenvalue weighted by Gasteiger charge is 2.06. The molecule has 17 heavy (non-hydrogen) atoms. The van der Waals surface area contributed by atoms with Gasteiger partial charge in [-0.15, -0.1) is 10.2 Å². The molecular formula is C9H9N3O3S2. The van der Waals surface area contributed by atoms with Crippen molar-refractivity contribution in [2.45, 2.75) is 10.9 Å². The summed E-state index contributed by atoms with van der Waals surface area (Å²) in [6.45, 7) is 0.606. The number of carboxylic acids is 1. The molecule has 2 rings (SSSR count). The lowest BCUT2D eigenvalue weighted by Crippen LogP contribution is -1.97. The zero-order valence-corrected chi connectivity index (χ0v) is 10.3. The minimum atomic E-state index is -0.863. The summed E-state index contributed by atoms with van der Waals surface area (Å²) in [5, 5.41) is 20.0. The van der Waals surface area contributed by atoms with Crippen LogP contribution in [0.1, 0.15) is 5.56 Å². The van der Waals surface area contributed by atoms with Crippen LogP contribution >= 0.6 is 23.1 Å². The summed E-state index contributed by atoms with van der Waals surface area (Å²) in [6.07, 6.45) is 3.25. The molecule has 0 aliphatic heterocycles. The van der Waals surface area contributed by atoms with Crippen LogP contribution < -0.4 is 5.32 Å². The van der Waals surface area contributed by atoms with E-state index in [2.05, 4.69) is 15.5 Å². The van der Waals surface area contributed by atoms with Gasteiger partial charge < -0.3 is 14.8 Å².